The van der Waals surface area contributed by atoms with Crippen LogP contribution in [0.5, 0.6) is 0 Å². The maximum Gasteiger partial charge on any atom is 0.181 e. The summed E-state index contributed by atoms with van der Waals surface area (Å²) in [7, 11) is -1.18. The molecule has 0 saturated heterocycles. The largest absolute Gasteiger partial charge is 0.320 e. The molecular formula is C13H19NO2S. The molecule has 0 spiro atoms. The monoisotopic (exact) mass is 253 g/mol. The zero-order valence-corrected chi connectivity index (χ0v) is 11.2. The van der Waals surface area contributed by atoms with Gasteiger partial charge in [-0.05, 0) is 51.4 Å². The van der Waals surface area contributed by atoms with E-state index in [1.54, 1.807) is 6.07 Å². The maximum atomic E-state index is 12.3. The number of sulfone groups is 1. The van der Waals surface area contributed by atoms with Crippen molar-refractivity contribution in [2.24, 2.45) is 0 Å². The predicted octanol–water partition coefficient (Wildman–Crippen LogP) is 1.69. The van der Waals surface area contributed by atoms with Crippen molar-refractivity contribution in [1.29, 1.82) is 0 Å². The summed E-state index contributed by atoms with van der Waals surface area (Å²) in [6, 6.07) is 5.65. The molecule has 1 aromatic carbocycles. The SMILES string of the molecule is CNCCCC1Cc2cc(C)ccc2S1(=O)=O. The average Bonchev–Trinajstić information content (AvgIpc) is 2.50. The molecule has 1 aliphatic heterocycles. The molecular weight excluding hydrogens is 234 g/mol. The number of hydrogen-bond donors (Lipinski definition) is 1. The minimum atomic E-state index is -3.07. The topological polar surface area (TPSA) is 46.2 Å². The summed E-state index contributed by atoms with van der Waals surface area (Å²) in [6.45, 7) is 2.88. The van der Waals surface area contributed by atoms with E-state index < -0.39 is 9.84 Å². The average molecular weight is 253 g/mol. The third kappa shape index (κ3) is 2.38. The van der Waals surface area contributed by atoms with Gasteiger partial charge in [-0.25, -0.2) is 8.42 Å². The predicted molar refractivity (Wildman–Crippen MR) is 69.0 cm³/mol. The Bertz CT molecular complexity index is 508. The highest BCUT2D eigenvalue weighted by atomic mass is 32.2. The quantitative estimate of drug-likeness (QED) is 0.831. The van der Waals surface area contributed by atoms with Gasteiger partial charge in [0, 0.05) is 0 Å². The maximum absolute atomic E-state index is 12.3. The molecule has 4 heteroatoms. The van der Waals surface area contributed by atoms with E-state index in [0.717, 1.165) is 30.5 Å². The van der Waals surface area contributed by atoms with Crippen molar-refractivity contribution >= 4 is 9.84 Å². The lowest BCUT2D eigenvalue weighted by molar-refractivity contribution is 0.570. The van der Waals surface area contributed by atoms with E-state index in [4.69, 9.17) is 0 Å². The zero-order chi connectivity index (χ0) is 12.5. The van der Waals surface area contributed by atoms with Crippen LogP contribution in [0.4, 0.5) is 0 Å². The third-order valence-electron chi connectivity index (χ3n) is 3.36. The van der Waals surface area contributed by atoms with Gasteiger partial charge in [-0.2, -0.15) is 0 Å². The lowest BCUT2D eigenvalue weighted by Crippen LogP contribution is -2.19. The summed E-state index contributed by atoms with van der Waals surface area (Å²) in [5.41, 5.74) is 2.13. The van der Waals surface area contributed by atoms with E-state index >= 15 is 0 Å². The molecule has 1 aromatic rings. The highest BCUT2D eigenvalue weighted by Gasteiger charge is 2.36. The van der Waals surface area contributed by atoms with Crippen LogP contribution < -0.4 is 5.32 Å². The molecule has 0 amide bonds. The first-order valence-electron chi connectivity index (χ1n) is 6.03. The molecule has 1 aliphatic rings. The first-order chi connectivity index (χ1) is 8.05. The number of hydrogen-bond acceptors (Lipinski definition) is 3. The van der Waals surface area contributed by atoms with E-state index in [0.29, 0.717) is 11.3 Å². The van der Waals surface area contributed by atoms with E-state index in [-0.39, 0.29) is 5.25 Å². The van der Waals surface area contributed by atoms with E-state index in [9.17, 15) is 8.42 Å². The number of benzene rings is 1. The highest BCUT2D eigenvalue weighted by molar-refractivity contribution is 7.92. The summed E-state index contributed by atoms with van der Waals surface area (Å²) >= 11 is 0. The molecule has 0 radical (unpaired) electrons. The van der Waals surface area contributed by atoms with Crippen LogP contribution in [-0.2, 0) is 16.3 Å². The number of rotatable bonds is 4. The summed E-state index contributed by atoms with van der Waals surface area (Å²) in [4.78, 5) is 0.553. The van der Waals surface area contributed by atoms with E-state index in [1.165, 1.54) is 0 Å². The van der Waals surface area contributed by atoms with Crippen molar-refractivity contribution in [3.05, 3.63) is 29.3 Å². The smallest absolute Gasteiger partial charge is 0.181 e. The standard InChI is InChI=1S/C13H19NO2S/c1-10-5-6-13-11(8-10)9-12(17(13,15)16)4-3-7-14-2/h5-6,8,12,14H,3-4,7,9H2,1-2H3. The van der Waals surface area contributed by atoms with Gasteiger partial charge < -0.3 is 5.32 Å². The van der Waals surface area contributed by atoms with Crippen LogP contribution in [0, 0.1) is 6.92 Å². The fourth-order valence-corrected chi connectivity index (χ4v) is 4.44. The van der Waals surface area contributed by atoms with Gasteiger partial charge in [-0.3, -0.25) is 0 Å². The van der Waals surface area contributed by atoms with Crippen LogP contribution in [0.25, 0.3) is 0 Å². The Morgan fingerprint density at radius 3 is 2.88 bits per heavy atom. The Morgan fingerprint density at radius 2 is 2.18 bits per heavy atom. The third-order valence-corrected chi connectivity index (χ3v) is 5.65. The van der Waals surface area contributed by atoms with Crippen LogP contribution in [0.15, 0.2) is 23.1 Å². The Hall–Kier alpha value is -0.870. The number of nitrogens with one attached hydrogen (secondary N) is 1. The first-order valence-corrected chi connectivity index (χ1v) is 7.58. The Morgan fingerprint density at radius 1 is 1.41 bits per heavy atom. The van der Waals surface area contributed by atoms with Crippen molar-refractivity contribution < 1.29 is 8.42 Å². The normalized spacial score (nSPS) is 21.4. The minimum Gasteiger partial charge on any atom is -0.320 e. The molecule has 1 N–H and O–H groups in total. The molecule has 0 saturated carbocycles. The summed E-state index contributed by atoms with van der Waals surface area (Å²) in [5, 5.41) is 2.84. The van der Waals surface area contributed by atoms with Gasteiger partial charge in [-0.15, -0.1) is 0 Å². The fourth-order valence-electron chi connectivity index (χ4n) is 2.44. The van der Waals surface area contributed by atoms with Crippen LogP contribution in [-0.4, -0.2) is 27.3 Å². The van der Waals surface area contributed by atoms with Gasteiger partial charge in [0.05, 0.1) is 10.1 Å². The summed E-state index contributed by atoms with van der Waals surface area (Å²) < 4.78 is 24.5. The number of fused-ring (bicyclic) bond motifs is 1. The van der Waals surface area contributed by atoms with Crippen molar-refractivity contribution in [2.45, 2.75) is 36.3 Å². The Balaban J connectivity index is 2.21. The van der Waals surface area contributed by atoms with Gasteiger partial charge in [0.2, 0.25) is 0 Å². The highest BCUT2D eigenvalue weighted by Crippen LogP contribution is 2.33. The first kappa shape index (κ1) is 12.6. The molecule has 2 rings (SSSR count). The molecule has 1 unspecified atom stereocenters. The summed E-state index contributed by atoms with van der Waals surface area (Å²) in [5.74, 6) is 0. The lowest BCUT2D eigenvalue weighted by atomic mass is 10.1. The second-order valence-electron chi connectivity index (χ2n) is 4.73. The van der Waals surface area contributed by atoms with Crippen LogP contribution in [0.3, 0.4) is 0 Å². The molecule has 0 bridgehead atoms. The lowest BCUT2D eigenvalue weighted by Gasteiger charge is -2.08. The van der Waals surface area contributed by atoms with Crippen molar-refractivity contribution in [1.82, 2.24) is 5.32 Å². The van der Waals surface area contributed by atoms with Gasteiger partial charge in [0.1, 0.15) is 0 Å². The summed E-state index contributed by atoms with van der Waals surface area (Å²) in [6.07, 6.45) is 2.34. The molecule has 17 heavy (non-hydrogen) atoms. The van der Waals surface area contributed by atoms with Gasteiger partial charge in [-0.1, -0.05) is 17.7 Å². The zero-order valence-electron chi connectivity index (χ0n) is 10.4. The Kier molecular flexibility index (Phi) is 3.54. The molecule has 0 fully saturated rings. The molecule has 0 aliphatic carbocycles. The molecule has 0 aromatic heterocycles. The molecule has 3 nitrogen and oxygen atoms in total. The van der Waals surface area contributed by atoms with Crippen LogP contribution in [0.1, 0.15) is 24.0 Å². The minimum absolute atomic E-state index is 0.215. The second kappa shape index (κ2) is 4.78. The number of aryl methyl sites for hydroxylation is 1. The molecule has 94 valence electrons. The Labute approximate surface area is 103 Å². The van der Waals surface area contributed by atoms with Crippen LogP contribution in [0.2, 0.25) is 0 Å². The van der Waals surface area contributed by atoms with E-state index in [2.05, 4.69) is 5.32 Å². The van der Waals surface area contributed by atoms with E-state index in [1.807, 2.05) is 26.1 Å². The van der Waals surface area contributed by atoms with Crippen LogP contribution >= 0.6 is 0 Å². The van der Waals surface area contributed by atoms with Gasteiger partial charge >= 0.3 is 0 Å². The fraction of sp³-hybridized carbons (Fsp3) is 0.538. The molecule has 1 heterocycles. The molecule has 1 atom stereocenters. The second-order valence-corrected chi connectivity index (χ2v) is 6.92. The van der Waals surface area contributed by atoms with Gasteiger partial charge in [0.25, 0.3) is 0 Å². The van der Waals surface area contributed by atoms with Crippen molar-refractivity contribution in [2.75, 3.05) is 13.6 Å². The van der Waals surface area contributed by atoms with Gasteiger partial charge in [0.15, 0.2) is 9.84 Å². The van der Waals surface area contributed by atoms with Crippen molar-refractivity contribution in [3.63, 3.8) is 0 Å². The van der Waals surface area contributed by atoms with Crippen molar-refractivity contribution in [3.8, 4) is 0 Å².